The Hall–Kier alpha value is -1.69. The second kappa shape index (κ2) is 7.68. The Morgan fingerprint density at radius 1 is 1.37 bits per heavy atom. The number of nitrogens with zero attached hydrogens (tertiary/aromatic N) is 1. The van der Waals surface area contributed by atoms with Crippen LogP contribution in [-0.4, -0.2) is 32.1 Å². The van der Waals surface area contributed by atoms with Crippen LogP contribution in [0.2, 0.25) is 0 Å². The highest BCUT2D eigenvalue weighted by Crippen LogP contribution is 2.17. The second-order valence-corrected chi connectivity index (χ2v) is 3.95. The fourth-order valence-corrected chi connectivity index (χ4v) is 1.62. The molecule has 0 saturated carbocycles. The molecular weight excluding hydrogens is 254 g/mol. The van der Waals surface area contributed by atoms with E-state index in [1.54, 1.807) is 29.2 Å². The number of halogens is 2. The van der Waals surface area contributed by atoms with Gasteiger partial charge < -0.3 is 15.4 Å². The van der Waals surface area contributed by atoms with Crippen LogP contribution in [0.25, 0.3) is 0 Å². The standard InChI is InChI=1S/C13H18F2N2O2/c1-2-17(11-5-3-10(16)4-6-11)13(18)7-8-19-9-12(14)15/h3-6,12H,2,7-9,16H2,1H3. The predicted molar refractivity (Wildman–Crippen MR) is 70.3 cm³/mol. The molecule has 1 aromatic rings. The van der Waals surface area contributed by atoms with Crippen molar-refractivity contribution in [3.8, 4) is 0 Å². The highest BCUT2D eigenvalue weighted by atomic mass is 19.3. The van der Waals surface area contributed by atoms with Crippen LogP contribution in [0.4, 0.5) is 20.2 Å². The average Bonchev–Trinajstić information content (AvgIpc) is 2.37. The highest BCUT2D eigenvalue weighted by Gasteiger charge is 2.13. The SMILES string of the molecule is CCN(C(=O)CCOCC(F)F)c1ccc(N)cc1. The maximum absolute atomic E-state index is 11.9. The van der Waals surface area contributed by atoms with Gasteiger partial charge in [0.05, 0.1) is 13.0 Å². The van der Waals surface area contributed by atoms with Gasteiger partial charge in [-0.2, -0.15) is 0 Å². The zero-order chi connectivity index (χ0) is 14.3. The molecule has 0 unspecified atom stereocenters. The number of hydrogen-bond acceptors (Lipinski definition) is 3. The third kappa shape index (κ3) is 5.21. The molecule has 0 spiro atoms. The van der Waals surface area contributed by atoms with Crippen LogP contribution in [0.15, 0.2) is 24.3 Å². The van der Waals surface area contributed by atoms with Gasteiger partial charge in [0, 0.05) is 17.9 Å². The number of amides is 1. The zero-order valence-electron chi connectivity index (χ0n) is 10.8. The van der Waals surface area contributed by atoms with Gasteiger partial charge in [0.1, 0.15) is 6.61 Å². The second-order valence-electron chi connectivity index (χ2n) is 3.95. The Kier molecular flexibility index (Phi) is 6.21. The van der Waals surface area contributed by atoms with Gasteiger partial charge in [-0.1, -0.05) is 0 Å². The third-order valence-electron chi connectivity index (χ3n) is 2.53. The Morgan fingerprint density at radius 3 is 2.53 bits per heavy atom. The van der Waals surface area contributed by atoms with E-state index in [0.29, 0.717) is 12.2 Å². The number of alkyl halides is 2. The first-order chi connectivity index (χ1) is 9.04. The summed E-state index contributed by atoms with van der Waals surface area (Å²) in [4.78, 5) is 13.5. The first-order valence-electron chi connectivity index (χ1n) is 6.06. The normalized spacial score (nSPS) is 10.7. The molecule has 4 nitrogen and oxygen atoms in total. The van der Waals surface area contributed by atoms with Crippen LogP contribution < -0.4 is 10.6 Å². The van der Waals surface area contributed by atoms with Crippen LogP contribution in [0.3, 0.4) is 0 Å². The molecule has 1 amide bonds. The molecule has 1 aromatic carbocycles. The summed E-state index contributed by atoms with van der Waals surface area (Å²) in [6, 6.07) is 6.91. The number of nitrogen functional groups attached to an aromatic ring is 1. The van der Waals surface area contributed by atoms with Gasteiger partial charge in [0.25, 0.3) is 6.43 Å². The largest absolute Gasteiger partial charge is 0.399 e. The van der Waals surface area contributed by atoms with Crippen LogP contribution in [-0.2, 0) is 9.53 Å². The molecule has 0 aromatic heterocycles. The first kappa shape index (κ1) is 15.4. The Bertz CT molecular complexity index is 396. The van der Waals surface area contributed by atoms with E-state index in [1.807, 2.05) is 6.92 Å². The van der Waals surface area contributed by atoms with Crippen molar-refractivity contribution in [3.63, 3.8) is 0 Å². The molecule has 0 fully saturated rings. The molecule has 0 radical (unpaired) electrons. The van der Waals surface area contributed by atoms with E-state index in [2.05, 4.69) is 0 Å². The van der Waals surface area contributed by atoms with Crippen molar-refractivity contribution >= 4 is 17.3 Å². The maximum atomic E-state index is 11.9. The summed E-state index contributed by atoms with van der Waals surface area (Å²) < 4.78 is 28.4. The summed E-state index contributed by atoms with van der Waals surface area (Å²) in [5.74, 6) is -0.165. The van der Waals surface area contributed by atoms with E-state index in [4.69, 9.17) is 10.5 Å². The van der Waals surface area contributed by atoms with E-state index < -0.39 is 13.0 Å². The fraction of sp³-hybridized carbons (Fsp3) is 0.462. The van der Waals surface area contributed by atoms with Crippen molar-refractivity contribution in [1.82, 2.24) is 0 Å². The lowest BCUT2D eigenvalue weighted by atomic mass is 10.2. The maximum Gasteiger partial charge on any atom is 0.261 e. The van der Waals surface area contributed by atoms with Gasteiger partial charge >= 0.3 is 0 Å². The molecule has 19 heavy (non-hydrogen) atoms. The number of rotatable bonds is 7. The number of nitrogens with two attached hydrogens (primary N) is 1. The zero-order valence-corrected chi connectivity index (χ0v) is 10.8. The highest BCUT2D eigenvalue weighted by molar-refractivity contribution is 5.93. The molecule has 6 heteroatoms. The molecular formula is C13H18F2N2O2. The molecule has 0 aliphatic heterocycles. The number of hydrogen-bond donors (Lipinski definition) is 1. The molecule has 0 aliphatic rings. The van der Waals surface area contributed by atoms with Crippen LogP contribution in [0.1, 0.15) is 13.3 Å². The van der Waals surface area contributed by atoms with Crippen molar-refractivity contribution in [3.05, 3.63) is 24.3 Å². The summed E-state index contributed by atoms with van der Waals surface area (Å²) in [7, 11) is 0. The minimum absolute atomic E-state index is 0.00531. The van der Waals surface area contributed by atoms with E-state index >= 15 is 0 Å². The van der Waals surface area contributed by atoms with Crippen molar-refractivity contribution in [2.75, 3.05) is 30.4 Å². The van der Waals surface area contributed by atoms with Crippen molar-refractivity contribution in [2.24, 2.45) is 0 Å². The van der Waals surface area contributed by atoms with Gasteiger partial charge in [0.2, 0.25) is 5.91 Å². The van der Waals surface area contributed by atoms with E-state index in [1.165, 1.54) is 0 Å². The average molecular weight is 272 g/mol. The number of benzene rings is 1. The van der Waals surface area contributed by atoms with Crippen LogP contribution in [0, 0.1) is 0 Å². The smallest absolute Gasteiger partial charge is 0.261 e. The monoisotopic (exact) mass is 272 g/mol. The van der Waals surface area contributed by atoms with Gasteiger partial charge in [-0.15, -0.1) is 0 Å². The molecule has 0 saturated heterocycles. The lowest BCUT2D eigenvalue weighted by Crippen LogP contribution is -2.31. The van der Waals surface area contributed by atoms with Gasteiger partial charge in [-0.25, -0.2) is 8.78 Å². The van der Waals surface area contributed by atoms with E-state index in [-0.39, 0.29) is 18.9 Å². The number of carbonyl (C=O) groups is 1. The van der Waals surface area contributed by atoms with Gasteiger partial charge in [-0.3, -0.25) is 4.79 Å². The summed E-state index contributed by atoms with van der Waals surface area (Å²) >= 11 is 0. The minimum atomic E-state index is -2.51. The van der Waals surface area contributed by atoms with Crippen molar-refractivity contribution < 1.29 is 18.3 Å². The van der Waals surface area contributed by atoms with E-state index in [0.717, 1.165) is 5.69 Å². The lowest BCUT2D eigenvalue weighted by molar-refractivity contribution is -0.120. The summed E-state index contributed by atoms with van der Waals surface area (Å²) in [5, 5.41) is 0. The molecule has 2 N–H and O–H groups in total. The topological polar surface area (TPSA) is 55.6 Å². The molecule has 1 rings (SSSR count). The van der Waals surface area contributed by atoms with Crippen molar-refractivity contribution in [2.45, 2.75) is 19.8 Å². The molecule has 0 bridgehead atoms. The van der Waals surface area contributed by atoms with Crippen LogP contribution >= 0.6 is 0 Å². The van der Waals surface area contributed by atoms with Gasteiger partial charge in [-0.05, 0) is 31.2 Å². The number of ether oxygens (including phenoxy) is 1. The number of anilines is 2. The third-order valence-corrected chi connectivity index (χ3v) is 2.53. The minimum Gasteiger partial charge on any atom is -0.399 e. The number of carbonyl (C=O) groups excluding carboxylic acids is 1. The summed E-state index contributed by atoms with van der Waals surface area (Å²) in [6.45, 7) is 1.70. The molecule has 0 aliphatic carbocycles. The summed E-state index contributed by atoms with van der Waals surface area (Å²) in [5.41, 5.74) is 6.93. The molecule has 0 atom stereocenters. The quantitative estimate of drug-likeness (QED) is 0.612. The Morgan fingerprint density at radius 2 is 2.00 bits per heavy atom. The van der Waals surface area contributed by atoms with Gasteiger partial charge in [0.15, 0.2) is 0 Å². The van der Waals surface area contributed by atoms with Crippen LogP contribution in [0.5, 0.6) is 0 Å². The molecule has 0 heterocycles. The lowest BCUT2D eigenvalue weighted by Gasteiger charge is -2.21. The van der Waals surface area contributed by atoms with E-state index in [9.17, 15) is 13.6 Å². The first-order valence-corrected chi connectivity index (χ1v) is 6.06. The Balaban J connectivity index is 2.50. The predicted octanol–water partition coefficient (Wildman–Crippen LogP) is 2.29. The Labute approximate surface area is 111 Å². The molecule has 106 valence electrons. The van der Waals surface area contributed by atoms with Crippen molar-refractivity contribution in [1.29, 1.82) is 0 Å². The fourth-order valence-electron chi connectivity index (χ4n) is 1.62. The summed E-state index contributed by atoms with van der Waals surface area (Å²) in [6.07, 6.45) is -2.43.